The molecule has 0 aromatic rings. The molecule has 0 unspecified atom stereocenters. The predicted octanol–water partition coefficient (Wildman–Crippen LogP) is -6.44. The predicted molar refractivity (Wildman–Crippen MR) is 87.7 cm³/mol. The first-order valence-corrected chi connectivity index (χ1v) is 7.66. The number of carboxylic acid groups (broad SMARTS) is 1. The fourth-order valence-electron chi connectivity index (χ4n) is 2.88. The Bertz CT molecular complexity index is 500. The van der Waals surface area contributed by atoms with Crippen LogP contribution >= 0.6 is 0 Å². The van der Waals surface area contributed by atoms with Crippen molar-refractivity contribution in [3.63, 3.8) is 0 Å². The van der Waals surface area contributed by atoms with Crippen molar-refractivity contribution in [3.05, 3.63) is 0 Å². The Morgan fingerprint density at radius 3 is 1.93 bits per heavy atom. The Morgan fingerprint density at radius 2 is 1.48 bits per heavy atom. The van der Waals surface area contributed by atoms with E-state index in [1.54, 1.807) is 0 Å². The van der Waals surface area contributed by atoms with Gasteiger partial charge in [-0.3, -0.25) is 0 Å². The van der Waals surface area contributed by atoms with Crippen molar-refractivity contribution in [1.29, 1.82) is 0 Å². The van der Waals surface area contributed by atoms with Gasteiger partial charge in [0.25, 0.3) is 0 Å². The van der Waals surface area contributed by atoms with Gasteiger partial charge in [0, 0.05) is 21.7 Å². The van der Waals surface area contributed by atoms with E-state index in [1.807, 2.05) is 0 Å². The molecule has 29 heavy (non-hydrogen) atoms. The molecule has 16 heteroatoms. The van der Waals surface area contributed by atoms with E-state index < -0.39 is 80.8 Å². The number of hydrogen-bond donors (Lipinski definition) is 8. The second-order valence-electron chi connectivity index (χ2n) is 5.92. The van der Waals surface area contributed by atoms with Crippen LogP contribution in [0.5, 0.6) is 0 Å². The van der Waals surface area contributed by atoms with Gasteiger partial charge in [-0.2, -0.15) is 0 Å². The van der Waals surface area contributed by atoms with E-state index in [0.717, 1.165) is 0 Å². The van der Waals surface area contributed by atoms with E-state index in [2.05, 4.69) is 4.74 Å². The topological polar surface area (TPSA) is 247 Å². The average Bonchev–Trinajstić information content (AvgIpc) is 2.87. The van der Waals surface area contributed by atoms with Crippen LogP contribution in [0.15, 0.2) is 0 Å². The molecule has 2 aliphatic heterocycles. The fourth-order valence-corrected chi connectivity index (χ4v) is 2.88. The minimum Gasteiger partial charge on any atom is 0 e. The Kier molecular flexibility index (Phi) is 14.8. The number of carbonyl (C=O) groups is 1. The molecule has 2 aliphatic rings. The van der Waals surface area contributed by atoms with Crippen LogP contribution < -0.4 is 0 Å². The van der Waals surface area contributed by atoms with Crippen LogP contribution in [0.4, 0.5) is 4.79 Å². The summed E-state index contributed by atoms with van der Waals surface area (Å²) in [4.78, 5) is 10.9. The molecular weight excluding hydrogens is 468 g/mol. The summed E-state index contributed by atoms with van der Waals surface area (Å²) in [5.41, 5.74) is 0. The fraction of sp³-hybridized carbons (Fsp3) is 0.923. The van der Waals surface area contributed by atoms with E-state index >= 15 is 0 Å². The number of aliphatic hydroxyl groups is 7. The maximum absolute atomic E-state index is 10.9. The monoisotopic (exact) mass is 494 g/mol. The molecule has 2 heterocycles. The molecular formula is C13H26CaO14Ti. The third-order valence-electron chi connectivity index (χ3n) is 4.27. The average molecular weight is 494 g/mol. The van der Waals surface area contributed by atoms with Gasteiger partial charge in [0.2, 0.25) is 5.79 Å². The normalized spacial score (nSPS) is 41.5. The molecule has 2 fully saturated rings. The molecule has 168 valence electrons. The molecule has 0 aromatic carbocycles. The third-order valence-corrected chi connectivity index (χ3v) is 4.27. The summed E-state index contributed by atoms with van der Waals surface area (Å²) in [5.74, 6) is -2.39. The second-order valence-corrected chi connectivity index (χ2v) is 5.92. The molecule has 0 aromatic heterocycles. The van der Waals surface area contributed by atoms with E-state index in [0.29, 0.717) is 0 Å². The van der Waals surface area contributed by atoms with Crippen LogP contribution in [-0.2, 0) is 40.7 Å². The summed E-state index contributed by atoms with van der Waals surface area (Å²) in [6.07, 6.45) is -15.3. The van der Waals surface area contributed by atoms with Crippen molar-refractivity contribution in [2.24, 2.45) is 0 Å². The number of aliphatic hydroxyl groups excluding tert-OH is 7. The van der Waals surface area contributed by atoms with Gasteiger partial charge < -0.3 is 65.3 Å². The van der Waals surface area contributed by atoms with Gasteiger partial charge in [-0.1, -0.05) is 0 Å². The van der Waals surface area contributed by atoms with Crippen molar-refractivity contribution >= 4 is 43.9 Å². The zero-order chi connectivity index (χ0) is 19.6. The van der Waals surface area contributed by atoms with Gasteiger partial charge in [-0.15, -0.1) is 0 Å². The van der Waals surface area contributed by atoms with Crippen molar-refractivity contribution in [2.45, 2.75) is 54.8 Å². The van der Waals surface area contributed by atoms with Crippen LogP contribution in [0, 0.1) is 0 Å². The number of ether oxygens (including phenoxy) is 4. The summed E-state index contributed by atoms with van der Waals surface area (Å²) in [6, 6.07) is 0. The summed E-state index contributed by atoms with van der Waals surface area (Å²) in [7, 11) is 0. The van der Waals surface area contributed by atoms with Crippen LogP contribution in [0.25, 0.3) is 0 Å². The molecule has 0 amide bonds. The molecule has 10 N–H and O–H groups in total. The number of rotatable bonds is 6. The first-order chi connectivity index (χ1) is 12.2. The Labute approximate surface area is 209 Å². The molecule has 0 saturated carbocycles. The minimum absolute atomic E-state index is 0. The van der Waals surface area contributed by atoms with Crippen LogP contribution in [0.2, 0.25) is 0 Å². The first kappa shape index (κ1) is 32.0. The number of hydrogen-bond acceptors (Lipinski definition) is 12. The summed E-state index contributed by atoms with van der Waals surface area (Å²) >= 11 is 0. The zero-order valence-electron chi connectivity index (χ0n) is 14.4. The smallest absolute Gasteiger partial charge is 0 e. The Hall–Kier alpha value is 0.804. The van der Waals surface area contributed by atoms with Crippen LogP contribution in [0.3, 0.4) is 0 Å². The van der Waals surface area contributed by atoms with Crippen LogP contribution in [0.1, 0.15) is 0 Å². The summed E-state index contributed by atoms with van der Waals surface area (Å²) < 4.78 is 20.1. The van der Waals surface area contributed by atoms with E-state index in [9.17, 15) is 35.4 Å². The SMILES string of the molecule is O.O=C(O)O[C@H]1[C@H](O)[C@@H](CO)O[C@@]1(CO)O[C@H]1O[C@H](CO)[C@@H](O)[C@H](O)[C@H]1O.[CaH2].[Ti]. The van der Waals surface area contributed by atoms with E-state index in [1.165, 1.54) is 0 Å². The van der Waals surface area contributed by atoms with Crippen LogP contribution in [-0.4, -0.2) is 165 Å². The van der Waals surface area contributed by atoms with Crippen molar-refractivity contribution in [2.75, 3.05) is 19.8 Å². The molecule has 0 spiro atoms. The van der Waals surface area contributed by atoms with Gasteiger partial charge in [0.05, 0.1) is 13.2 Å². The van der Waals surface area contributed by atoms with Gasteiger partial charge in [0.1, 0.15) is 43.2 Å². The van der Waals surface area contributed by atoms with Crippen molar-refractivity contribution < 1.29 is 91.8 Å². The van der Waals surface area contributed by atoms with Gasteiger partial charge in [0.15, 0.2) is 12.4 Å². The Balaban J connectivity index is 0. The first-order valence-electron chi connectivity index (χ1n) is 7.66. The van der Waals surface area contributed by atoms with Gasteiger partial charge >= 0.3 is 43.9 Å². The second kappa shape index (κ2) is 13.4. The van der Waals surface area contributed by atoms with E-state index in [-0.39, 0.29) is 64.9 Å². The standard InChI is InChI=1S/C13H22O13.Ca.H2O.Ti.2H/c14-1-4-6(17)8(19)9(20)11(23-4)26-13(3-16)10(24-12(21)22)7(18)5(2-15)25-13;;;;;/h4-11,14-20H,1-3H2,(H,21,22);;1H2;;;/t4-,5-,6-,7-,8+,9-,10+,11-,13+;;;;;/m1...../s1. The van der Waals surface area contributed by atoms with Gasteiger partial charge in [-0.25, -0.2) is 4.79 Å². The molecule has 0 radical (unpaired) electrons. The molecule has 0 aliphatic carbocycles. The molecule has 9 atom stereocenters. The third kappa shape index (κ3) is 6.65. The summed E-state index contributed by atoms with van der Waals surface area (Å²) in [5, 5.41) is 76.5. The van der Waals surface area contributed by atoms with Gasteiger partial charge in [-0.05, 0) is 0 Å². The molecule has 2 rings (SSSR count). The largest absolute Gasteiger partial charge is 0 e. The maximum atomic E-state index is 10.9. The zero-order valence-corrected chi connectivity index (χ0v) is 15.9. The maximum Gasteiger partial charge on any atom is 0 e. The molecule has 0 bridgehead atoms. The summed E-state index contributed by atoms with van der Waals surface area (Å²) in [6.45, 7) is -2.62. The van der Waals surface area contributed by atoms with Crippen molar-refractivity contribution in [3.8, 4) is 0 Å². The quantitative estimate of drug-likeness (QED) is 0.127. The molecule has 2 saturated heterocycles. The minimum atomic E-state index is -2.39. The van der Waals surface area contributed by atoms with Crippen molar-refractivity contribution in [1.82, 2.24) is 0 Å². The molecule has 14 nitrogen and oxygen atoms in total. The van der Waals surface area contributed by atoms with E-state index in [4.69, 9.17) is 24.4 Å². The Morgan fingerprint density at radius 1 is 0.931 bits per heavy atom.